The summed E-state index contributed by atoms with van der Waals surface area (Å²) in [6.07, 6.45) is 0. The Morgan fingerprint density at radius 3 is 2.04 bits per heavy atom. The van der Waals surface area contributed by atoms with Crippen LogP contribution in [0.2, 0.25) is 5.32 Å². The SMILES string of the molecule is [Br-].c1ccc([Se]CC2COC(c3ccccc3)=[N+]2c2ccccc2)cc1. The molecule has 0 N–H and O–H groups in total. The molecule has 132 valence electrons. The summed E-state index contributed by atoms with van der Waals surface area (Å²) in [5.41, 5.74) is 2.34. The zero-order chi connectivity index (χ0) is 16.9. The molecule has 2 nitrogen and oxygen atoms in total. The molecule has 0 amide bonds. The van der Waals surface area contributed by atoms with Crippen LogP contribution < -0.4 is 21.4 Å². The van der Waals surface area contributed by atoms with Crippen LogP contribution in [-0.2, 0) is 4.74 Å². The van der Waals surface area contributed by atoms with Gasteiger partial charge in [-0.15, -0.1) is 0 Å². The Labute approximate surface area is 171 Å². The molecular formula is C22H20BrNOSe. The molecule has 0 saturated carbocycles. The van der Waals surface area contributed by atoms with E-state index in [1.54, 1.807) is 0 Å². The van der Waals surface area contributed by atoms with E-state index in [2.05, 4.69) is 89.5 Å². The quantitative estimate of drug-likeness (QED) is 0.392. The number of ether oxygens (including phenoxy) is 1. The van der Waals surface area contributed by atoms with Crippen molar-refractivity contribution in [3.8, 4) is 0 Å². The zero-order valence-electron chi connectivity index (χ0n) is 14.3. The van der Waals surface area contributed by atoms with Crippen molar-refractivity contribution >= 4 is 31.0 Å². The molecule has 4 rings (SSSR count). The molecule has 3 aromatic rings. The summed E-state index contributed by atoms with van der Waals surface area (Å²) >= 11 is 0.439. The Balaban J connectivity index is 0.00000196. The van der Waals surface area contributed by atoms with Gasteiger partial charge < -0.3 is 17.0 Å². The summed E-state index contributed by atoms with van der Waals surface area (Å²) in [5.74, 6) is 0.973. The number of hydrogen-bond donors (Lipinski definition) is 0. The van der Waals surface area contributed by atoms with E-state index >= 15 is 0 Å². The van der Waals surface area contributed by atoms with Gasteiger partial charge in [0, 0.05) is 0 Å². The fourth-order valence-electron chi connectivity index (χ4n) is 3.04. The Hall–Kier alpha value is -1.87. The minimum absolute atomic E-state index is 0. The summed E-state index contributed by atoms with van der Waals surface area (Å²) in [4.78, 5) is 0. The van der Waals surface area contributed by atoms with Gasteiger partial charge in [-0.25, -0.2) is 0 Å². The van der Waals surface area contributed by atoms with Gasteiger partial charge in [0.1, 0.15) is 0 Å². The molecule has 1 unspecified atom stereocenters. The number of para-hydroxylation sites is 1. The standard InChI is InChI=1S/C22H20NOSe.BrH/c1-4-10-18(11-5-1)22-23(19-12-6-2-7-13-19)20(16-24-22)17-25-21-14-8-3-9-15-21;/h1-15,20H,16-17H2;1H/q+1;/p-1. The average molecular weight is 473 g/mol. The molecule has 1 aliphatic rings. The molecule has 0 bridgehead atoms. The predicted octanol–water partition coefficient (Wildman–Crippen LogP) is 0.628. The molecular weight excluding hydrogens is 453 g/mol. The van der Waals surface area contributed by atoms with Crippen LogP contribution >= 0.6 is 0 Å². The zero-order valence-corrected chi connectivity index (χ0v) is 17.6. The van der Waals surface area contributed by atoms with Crippen molar-refractivity contribution in [1.29, 1.82) is 0 Å². The molecule has 0 aromatic heterocycles. The van der Waals surface area contributed by atoms with Crippen LogP contribution in [0.15, 0.2) is 91.0 Å². The molecule has 26 heavy (non-hydrogen) atoms. The number of rotatable bonds is 5. The fourth-order valence-corrected chi connectivity index (χ4v) is 5.09. The second kappa shape index (κ2) is 9.18. The van der Waals surface area contributed by atoms with E-state index in [4.69, 9.17) is 4.74 Å². The van der Waals surface area contributed by atoms with E-state index in [9.17, 15) is 0 Å². The fraction of sp³-hybridized carbons (Fsp3) is 0.136. The molecule has 4 heteroatoms. The first-order chi connectivity index (χ1) is 12.4. The molecule has 0 radical (unpaired) electrons. The van der Waals surface area contributed by atoms with Crippen molar-refractivity contribution in [3.63, 3.8) is 0 Å². The van der Waals surface area contributed by atoms with Crippen molar-refractivity contribution < 1.29 is 26.3 Å². The Bertz CT molecular complexity index is 853. The van der Waals surface area contributed by atoms with Gasteiger partial charge in [-0.05, 0) is 0 Å². The van der Waals surface area contributed by atoms with E-state index in [-0.39, 0.29) is 17.0 Å². The van der Waals surface area contributed by atoms with Crippen molar-refractivity contribution in [2.24, 2.45) is 0 Å². The molecule has 3 aromatic carbocycles. The summed E-state index contributed by atoms with van der Waals surface area (Å²) in [7, 11) is 0. The second-order valence-corrected chi connectivity index (χ2v) is 8.26. The third-order valence-corrected chi connectivity index (χ3v) is 6.66. The Kier molecular flexibility index (Phi) is 6.67. The summed E-state index contributed by atoms with van der Waals surface area (Å²) in [6.45, 7) is 0.744. The predicted molar refractivity (Wildman–Crippen MR) is 103 cm³/mol. The second-order valence-electron chi connectivity index (χ2n) is 5.97. The first-order valence-corrected chi connectivity index (χ1v) is 10.6. The van der Waals surface area contributed by atoms with Crippen LogP contribution in [0.5, 0.6) is 0 Å². The first-order valence-electron chi connectivity index (χ1n) is 8.49. The monoisotopic (exact) mass is 473 g/mol. The molecule has 0 fully saturated rings. The third-order valence-electron chi connectivity index (χ3n) is 4.24. The first kappa shape index (κ1) is 18.9. The molecule has 1 atom stereocenters. The molecule has 1 heterocycles. The van der Waals surface area contributed by atoms with E-state index < -0.39 is 0 Å². The van der Waals surface area contributed by atoms with Crippen molar-refractivity contribution in [2.75, 3.05) is 6.61 Å². The number of hydrogen-bond acceptors (Lipinski definition) is 1. The molecule has 0 saturated heterocycles. The van der Waals surface area contributed by atoms with E-state index in [0.717, 1.165) is 23.4 Å². The summed E-state index contributed by atoms with van der Waals surface area (Å²) < 4.78 is 9.98. The topological polar surface area (TPSA) is 12.2 Å². The van der Waals surface area contributed by atoms with E-state index in [1.807, 2.05) is 6.07 Å². The van der Waals surface area contributed by atoms with Crippen LogP contribution in [0.25, 0.3) is 0 Å². The van der Waals surface area contributed by atoms with Crippen LogP contribution in [0.1, 0.15) is 5.56 Å². The number of benzene rings is 3. The van der Waals surface area contributed by atoms with Crippen molar-refractivity contribution in [1.82, 2.24) is 0 Å². The summed E-state index contributed by atoms with van der Waals surface area (Å²) in [5, 5.41) is 1.13. The van der Waals surface area contributed by atoms with Gasteiger partial charge in [0.2, 0.25) is 0 Å². The van der Waals surface area contributed by atoms with E-state index in [0.29, 0.717) is 21.0 Å². The van der Waals surface area contributed by atoms with Crippen LogP contribution in [-0.4, -0.2) is 38.1 Å². The minimum atomic E-state index is 0. The average Bonchev–Trinajstić information content (AvgIpc) is 3.12. The molecule has 1 aliphatic heterocycles. The molecule has 0 spiro atoms. The normalized spacial score (nSPS) is 16.1. The number of nitrogens with zero attached hydrogens (tertiary/aromatic N) is 1. The third kappa shape index (κ3) is 4.27. The van der Waals surface area contributed by atoms with Crippen LogP contribution in [0, 0.1) is 0 Å². The van der Waals surface area contributed by atoms with Gasteiger partial charge in [0.25, 0.3) is 0 Å². The van der Waals surface area contributed by atoms with Gasteiger partial charge >= 0.3 is 155 Å². The van der Waals surface area contributed by atoms with Crippen molar-refractivity contribution in [2.45, 2.75) is 11.4 Å². The Morgan fingerprint density at radius 2 is 1.38 bits per heavy atom. The van der Waals surface area contributed by atoms with Gasteiger partial charge in [-0.1, -0.05) is 0 Å². The van der Waals surface area contributed by atoms with Crippen LogP contribution in [0.3, 0.4) is 0 Å². The van der Waals surface area contributed by atoms with Crippen LogP contribution in [0.4, 0.5) is 5.69 Å². The van der Waals surface area contributed by atoms with Gasteiger partial charge in [0.05, 0.1) is 0 Å². The van der Waals surface area contributed by atoms with E-state index in [1.165, 1.54) is 10.1 Å². The molecule has 0 aliphatic carbocycles. The van der Waals surface area contributed by atoms with Gasteiger partial charge in [-0.2, -0.15) is 0 Å². The van der Waals surface area contributed by atoms with Crippen molar-refractivity contribution in [3.05, 3.63) is 96.6 Å². The maximum atomic E-state index is 6.16. The van der Waals surface area contributed by atoms with Gasteiger partial charge in [-0.3, -0.25) is 0 Å². The maximum absolute atomic E-state index is 6.16. The Morgan fingerprint density at radius 1 is 0.808 bits per heavy atom. The number of halogens is 1. The van der Waals surface area contributed by atoms with Gasteiger partial charge in [0.15, 0.2) is 0 Å². The summed E-state index contributed by atoms with van der Waals surface area (Å²) in [6, 6.07) is 32.2.